The maximum Gasteiger partial charge on any atom is 0.318 e. The molecule has 2 aliphatic heterocycles. The molecular weight excluding hydrogens is 332 g/mol. The summed E-state index contributed by atoms with van der Waals surface area (Å²) < 4.78 is 4.97. The first-order valence-electron chi connectivity index (χ1n) is 7.89. The zero-order valence-corrected chi connectivity index (χ0v) is 14.1. The van der Waals surface area contributed by atoms with Crippen molar-refractivity contribution in [2.75, 3.05) is 26.2 Å². The number of hydrogen-bond donors (Lipinski definition) is 1. The lowest BCUT2D eigenvalue weighted by Gasteiger charge is -2.34. The van der Waals surface area contributed by atoms with E-state index in [-0.39, 0.29) is 24.0 Å². The molecule has 2 aliphatic rings. The van der Waals surface area contributed by atoms with E-state index in [1.165, 1.54) is 0 Å². The molecule has 0 bridgehead atoms. The number of aliphatic hydroxyl groups is 1. The van der Waals surface area contributed by atoms with E-state index >= 15 is 0 Å². The summed E-state index contributed by atoms with van der Waals surface area (Å²) in [6, 6.07) is 7.29. The van der Waals surface area contributed by atoms with Crippen molar-refractivity contribution in [1.82, 2.24) is 9.80 Å². The van der Waals surface area contributed by atoms with Gasteiger partial charge in [-0.05, 0) is 24.6 Å². The second-order valence-corrected chi connectivity index (χ2v) is 6.27. The molecule has 3 rings (SSSR count). The molecule has 6 nitrogen and oxygen atoms in total. The molecule has 1 saturated heterocycles. The number of halogens is 1. The lowest BCUT2D eigenvalue weighted by Crippen LogP contribution is -2.47. The summed E-state index contributed by atoms with van der Waals surface area (Å²) >= 11 is 5.88. The van der Waals surface area contributed by atoms with Crippen LogP contribution in [0.5, 0.6) is 0 Å². The highest BCUT2D eigenvalue weighted by molar-refractivity contribution is 6.30. The van der Waals surface area contributed by atoms with E-state index in [2.05, 4.69) is 0 Å². The molecule has 24 heavy (non-hydrogen) atoms. The molecule has 0 aliphatic carbocycles. The van der Waals surface area contributed by atoms with Crippen LogP contribution in [0.25, 0.3) is 0 Å². The monoisotopic (exact) mass is 350 g/mol. The second-order valence-electron chi connectivity index (χ2n) is 5.84. The van der Waals surface area contributed by atoms with Gasteiger partial charge in [0.1, 0.15) is 17.4 Å². The Bertz CT molecular complexity index is 686. The molecule has 1 fully saturated rings. The summed E-state index contributed by atoms with van der Waals surface area (Å²) in [5.41, 5.74) is 1.18. The van der Waals surface area contributed by atoms with E-state index in [0.29, 0.717) is 31.2 Å². The van der Waals surface area contributed by atoms with Crippen molar-refractivity contribution >= 4 is 23.5 Å². The number of fused-ring (bicyclic) bond motifs is 1. The number of esters is 1. The highest BCUT2D eigenvalue weighted by Gasteiger charge is 2.43. The molecule has 0 saturated carbocycles. The first-order chi connectivity index (χ1) is 11.5. The molecule has 0 spiro atoms. The normalized spacial score (nSPS) is 20.4. The van der Waals surface area contributed by atoms with Crippen LogP contribution in [0, 0.1) is 5.92 Å². The van der Waals surface area contributed by atoms with Gasteiger partial charge in [-0.1, -0.05) is 23.7 Å². The number of nitrogens with zero attached hydrogens (tertiary/aromatic N) is 2. The number of carbonyl (C=O) groups excluding carboxylic acids is 2. The molecule has 1 N–H and O–H groups in total. The summed E-state index contributed by atoms with van der Waals surface area (Å²) in [6.07, 6.45) is 0. The topological polar surface area (TPSA) is 70.1 Å². The average Bonchev–Trinajstić information content (AvgIpc) is 2.90. The molecule has 1 aromatic carbocycles. The Labute approximate surface area is 145 Å². The van der Waals surface area contributed by atoms with Crippen molar-refractivity contribution in [3.8, 4) is 0 Å². The predicted octanol–water partition coefficient (Wildman–Crippen LogP) is 1.95. The number of amides is 1. The highest BCUT2D eigenvalue weighted by Crippen LogP contribution is 2.31. The Balaban J connectivity index is 1.77. The number of aliphatic hydroxyl groups excluding tert-OH is 1. The number of benzene rings is 1. The minimum absolute atomic E-state index is 0.181. The number of piperazine rings is 1. The van der Waals surface area contributed by atoms with E-state index in [9.17, 15) is 14.7 Å². The third-order valence-electron chi connectivity index (χ3n) is 4.28. The predicted molar refractivity (Wildman–Crippen MR) is 88.2 cm³/mol. The molecule has 1 unspecified atom stereocenters. The summed E-state index contributed by atoms with van der Waals surface area (Å²) in [7, 11) is 0. The molecule has 1 aromatic rings. The van der Waals surface area contributed by atoms with Crippen molar-refractivity contribution in [2.45, 2.75) is 13.5 Å². The molecule has 7 heteroatoms. The first kappa shape index (κ1) is 16.6. The lowest BCUT2D eigenvalue weighted by molar-refractivity contribution is -0.147. The van der Waals surface area contributed by atoms with Gasteiger partial charge in [-0.2, -0.15) is 0 Å². The van der Waals surface area contributed by atoms with Crippen LogP contribution in [0.15, 0.2) is 35.7 Å². The summed E-state index contributed by atoms with van der Waals surface area (Å²) in [6.45, 7) is 3.80. The standard InChI is InChI=1S/C17H19ClN2O4/c1-2-24-17(23)13-10-19-7-8-20(16(22)14(19)15(13)21)9-11-3-5-12(18)6-4-11/h3-6,13,21H,2,7-10H2,1H3. The van der Waals surface area contributed by atoms with E-state index in [0.717, 1.165) is 5.56 Å². The van der Waals surface area contributed by atoms with Crippen molar-refractivity contribution in [3.05, 3.63) is 46.3 Å². The maximum atomic E-state index is 12.7. The maximum absolute atomic E-state index is 12.7. The molecular formula is C17H19ClN2O4. The third-order valence-corrected chi connectivity index (χ3v) is 4.53. The molecule has 1 atom stereocenters. The Morgan fingerprint density at radius 3 is 2.71 bits per heavy atom. The van der Waals surface area contributed by atoms with Crippen LogP contribution in [0.1, 0.15) is 12.5 Å². The molecule has 0 radical (unpaired) electrons. The SMILES string of the molecule is CCOC(=O)C1CN2CCN(Cc3ccc(Cl)cc3)C(=O)C2=C1O. The number of hydrogen-bond acceptors (Lipinski definition) is 5. The minimum atomic E-state index is -0.778. The Hall–Kier alpha value is -2.21. The Morgan fingerprint density at radius 2 is 2.04 bits per heavy atom. The van der Waals surface area contributed by atoms with Gasteiger partial charge in [-0.3, -0.25) is 9.59 Å². The van der Waals surface area contributed by atoms with Crippen LogP contribution in [0.3, 0.4) is 0 Å². The molecule has 2 heterocycles. The van der Waals surface area contributed by atoms with Gasteiger partial charge in [0.2, 0.25) is 0 Å². The van der Waals surface area contributed by atoms with Gasteiger partial charge >= 0.3 is 5.97 Å². The van der Waals surface area contributed by atoms with Gasteiger partial charge in [-0.25, -0.2) is 0 Å². The van der Waals surface area contributed by atoms with Crippen LogP contribution in [-0.2, 0) is 20.9 Å². The van der Waals surface area contributed by atoms with Crippen molar-refractivity contribution in [2.24, 2.45) is 5.92 Å². The van der Waals surface area contributed by atoms with Gasteiger partial charge in [-0.15, -0.1) is 0 Å². The van der Waals surface area contributed by atoms with Crippen LogP contribution in [-0.4, -0.2) is 53.0 Å². The third kappa shape index (κ3) is 3.06. The van der Waals surface area contributed by atoms with Crippen LogP contribution in [0.2, 0.25) is 5.02 Å². The van der Waals surface area contributed by atoms with Gasteiger partial charge in [0.25, 0.3) is 5.91 Å². The summed E-state index contributed by atoms with van der Waals surface area (Å²) in [5.74, 6) is -1.71. The van der Waals surface area contributed by atoms with Crippen molar-refractivity contribution in [1.29, 1.82) is 0 Å². The van der Waals surface area contributed by atoms with Crippen LogP contribution in [0.4, 0.5) is 0 Å². The summed E-state index contributed by atoms with van der Waals surface area (Å²) in [5, 5.41) is 11.0. The fourth-order valence-corrected chi connectivity index (χ4v) is 3.18. The minimum Gasteiger partial charge on any atom is -0.509 e. The van der Waals surface area contributed by atoms with E-state index < -0.39 is 11.9 Å². The van der Waals surface area contributed by atoms with E-state index in [1.54, 1.807) is 28.9 Å². The largest absolute Gasteiger partial charge is 0.509 e. The van der Waals surface area contributed by atoms with Gasteiger partial charge in [0.15, 0.2) is 0 Å². The van der Waals surface area contributed by atoms with Crippen molar-refractivity contribution < 1.29 is 19.4 Å². The Kier molecular flexibility index (Phi) is 4.66. The van der Waals surface area contributed by atoms with Crippen LogP contribution < -0.4 is 0 Å². The molecule has 0 aromatic heterocycles. The number of rotatable bonds is 4. The number of carbonyl (C=O) groups is 2. The fraction of sp³-hybridized carbons (Fsp3) is 0.412. The first-order valence-corrected chi connectivity index (χ1v) is 8.27. The Morgan fingerprint density at radius 1 is 1.33 bits per heavy atom. The van der Waals surface area contributed by atoms with E-state index in [4.69, 9.17) is 16.3 Å². The van der Waals surface area contributed by atoms with Gasteiger partial charge in [0.05, 0.1) is 6.61 Å². The quantitative estimate of drug-likeness (QED) is 0.840. The van der Waals surface area contributed by atoms with Crippen molar-refractivity contribution in [3.63, 3.8) is 0 Å². The smallest absolute Gasteiger partial charge is 0.318 e. The zero-order chi connectivity index (χ0) is 17.3. The second kappa shape index (κ2) is 6.73. The lowest BCUT2D eigenvalue weighted by atomic mass is 10.1. The van der Waals surface area contributed by atoms with Gasteiger partial charge < -0.3 is 19.6 Å². The summed E-state index contributed by atoms with van der Waals surface area (Å²) in [4.78, 5) is 28.1. The van der Waals surface area contributed by atoms with Gasteiger partial charge in [0, 0.05) is 31.2 Å². The number of ether oxygens (including phenoxy) is 1. The average molecular weight is 351 g/mol. The van der Waals surface area contributed by atoms with Crippen LogP contribution >= 0.6 is 11.6 Å². The molecule has 1 amide bonds. The van der Waals surface area contributed by atoms with E-state index in [1.807, 2.05) is 12.1 Å². The molecule has 128 valence electrons. The fourth-order valence-electron chi connectivity index (χ4n) is 3.06. The highest BCUT2D eigenvalue weighted by atomic mass is 35.5. The zero-order valence-electron chi connectivity index (χ0n) is 13.4.